The first-order valence-corrected chi connectivity index (χ1v) is 8.52. The summed E-state index contributed by atoms with van der Waals surface area (Å²) >= 11 is 0. The molecule has 1 heterocycles. The maximum atomic E-state index is 4.26. The van der Waals surface area contributed by atoms with Crippen molar-refractivity contribution in [2.45, 2.75) is 19.6 Å². The van der Waals surface area contributed by atoms with Crippen molar-refractivity contribution in [1.82, 2.24) is 9.78 Å². The topological polar surface area (TPSA) is 17.8 Å². The molecule has 0 unspecified atom stereocenters. The lowest BCUT2D eigenvalue weighted by Gasteiger charge is -2.03. The summed E-state index contributed by atoms with van der Waals surface area (Å²) in [5, 5.41) is 5.40. The summed E-state index contributed by atoms with van der Waals surface area (Å²) in [6.45, 7) is 6.68. The maximum Gasteiger partial charge on any atom is 0.131 e. The first kappa shape index (κ1) is 10.0. The van der Waals surface area contributed by atoms with Crippen LogP contribution in [0.3, 0.4) is 0 Å². The summed E-state index contributed by atoms with van der Waals surface area (Å²) in [5.74, 6) is 0. The van der Waals surface area contributed by atoms with Crippen molar-refractivity contribution in [2.75, 3.05) is 0 Å². The maximum absolute atomic E-state index is 4.26. The van der Waals surface area contributed by atoms with E-state index in [1.165, 1.54) is 0 Å². The molecule has 0 bridgehead atoms. The molecule has 0 spiro atoms. The molecule has 0 atom stereocenters. The Balaban J connectivity index is 2.48. The van der Waals surface area contributed by atoms with Crippen LogP contribution in [0.1, 0.15) is 0 Å². The second kappa shape index (κ2) is 3.56. The zero-order valence-corrected chi connectivity index (χ0v) is 10.3. The third-order valence-corrected chi connectivity index (χ3v) is 2.88. The average Bonchev–Trinajstić information content (AvgIpc) is 2.57. The first-order valence-electron chi connectivity index (χ1n) is 5.02. The van der Waals surface area contributed by atoms with Gasteiger partial charge in [-0.25, -0.2) is 0 Å². The van der Waals surface area contributed by atoms with Crippen LogP contribution in [0, 0.1) is 11.6 Å². The van der Waals surface area contributed by atoms with Crippen molar-refractivity contribution in [1.29, 1.82) is 0 Å². The van der Waals surface area contributed by atoms with Crippen LogP contribution >= 0.6 is 0 Å². The SMILES string of the molecule is C[Si](C)(C)C#Cn1ncc2ccccc21. The zero-order valence-electron chi connectivity index (χ0n) is 9.28. The lowest BCUT2D eigenvalue weighted by Crippen LogP contribution is -2.17. The number of rotatable bonds is 0. The van der Waals surface area contributed by atoms with Crippen LogP contribution in [-0.2, 0) is 0 Å². The second-order valence-corrected chi connectivity index (χ2v) is 9.35. The Labute approximate surface area is 90.9 Å². The Hall–Kier alpha value is -1.53. The number of hydrogen-bond donors (Lipinski definition) is 0. The van der Waals surface area contributed by atoms with Gasteiger partial charge in [0.2, 0.25) is 0 Å². The molecule has 2 nitrogen and oxygen atoms in total. The van der Waals surface area contributed by atoms with Crippen LogP contribution in [0.4, 0.5) is 0 Å². The molecule has 0 radical (unpaired) electrons. The highest BCUT2D eigenvalue weighted by molar-refractivity contribution is 6.83. The predicted octanol–water partition coefficient (Wildman–Crippen LogP) is 2.72. The number of hydrogen-bond acceptors (Lipinski definition) is 1. The molecule has 3 heteroatoms. The lowest BCUT2D eigenvalue weighted by molar-refractivity contribution is 0.948. The summed E-state index contributed by atoms with van der Waals surface area (Å²) in [6.07, 6.45) is 1.86. The van der Waals surface area contributed by atoms with Gasteiger partial charge in [0.1, 0.15) is 8.07 Å². The summed E-state index contributed by atoms with van der Waals surface area (Å²) in [4.78, 5) is 0. The summed E-state index contributed by atoms with van der Waals surface area (Å²) in [6, 6.07) is 11.2. The minimum atomic E-state index is -1.32. The highest BCUT2D eigenvalue weighted by Gasteiger charge is 2.08. The third-order valence-electron chi connectivity index (χ3n) is 2.01. The van der Waals surface area contributed by atoms with Crippen molar-refractivity contribution in [3.8, 4) is 11.6 Å². The van der Waals surface area contributed by atoms with Crippen LogP contribution < -0.4 is 0 Å². The summed E-state index contributed by atoms with van der Waals surface area (Å²) in [7, 11) is -1.32. The van der Waals surface area contributed by atoms with E-state index in [1.807, 2.05) is 24.4 Å². The van der Waals surface area contributed by atoms with Crippen LogP contribution in [0.2, 0.25) is 19.6 Å². The predicted molar refractivity (Wildman–Crippen MR) is 66.3 cm³/mol. The second-order valence-electron chi connectivity index (χ2n) is 4.60. The van der Waals surface area contributed by atoms with Gasteiger partial charge < -0.3 is 0 Å². The largest absolute Gasteiger partial charge is 0.190 e. The van der Waals surface area contributed by atoms with Gasteiger partial charge in [-0.05, 0) is 6.07 Å². The van der Waals surface area contributed by atoms with E-state index in [9.17, 15) is 0 Å². The van der Waals surface area contributed by atoms with Crippen molar-refractivity contribution < 1.29 is 0 Å². The normalized spacial score (nSPS) is 11.1. The first-order chi connectivity index (χ1) is 7.06. The van der Waals surface area contributed by atoms with Crippen molar-refractivity contribution in [3.63, 3.8) is 0 Å². The van der Waals surface area contributed by atoms with Gasteiger partial charge in [0.05, 0.1) is 11.7 Å². The fourth-order valence-electron chi connectivity index (χ4n) is 1.28. The van der Waals surface area contributed by atoms with Crippen molar-refractivity contribution in [3.05, 3.63) is 30.5 Å². The molecule has 76 valence electrons. The highest BCUT2D eigenvalue weighted by Crippen LogP contribution is 2.11. The molecule has 2 aromatic rings. The van der Waals surface area contributed by atoms with Crippen LogP contribution in [0.25, 0.3) is 10.9 Å². The molecular formula is C12H14N2Si. The van der Waals surface area contributed by atoms with Gasteiger partial charge in [0.25, 0.3) is 0 Å². The monoisotopic (exact) mass is 214 g/mol. The van der Waals surface area contributed by atoms with Crippen molar-refractivity contribution in [2.24, 2.45) is 0 Å². The summed E-state index contributed by atoms with van der Waals surface area (Å²) < 4.78 is 1.77. The molecule has 0 amide bonds. The summed E-state index contributed by atoms with van der Waals surface area (Å²) in [5.41, 5.74) is 4.39. The Morgan fingerprint density at radius 3 is 2.67 bits per heavy atom. The van der Waals surface area contributed by atoms with E-state index in [2.05, 4.69) is 42.4 Å². The van der Waals surface area contributed by atoms with Gasteiger partial charge in [0, 0.05) is 11.4 Å². The fraction of sp³-hybridized carbons (Fsp3) is 0.250. The Kier molecular flexibility index (Phi) is 2.37. The van der Waals surface area contributed by atoms with Crippen LogP contribution in [0.15, 0.2) is 30.5 Å². The van der Waals surface area contributed by atoms with E-state index in [4.69, 9.17) is 0 Å². The van der Waals surface area contributed by atoms with Gasteiger partial charge in [-0.2, -0.15) is 9.78 Å². The Morgan fingerprint density at radius 2 is 1.93 bits per heavy atom. The van der Waals surface area contributed by atoms with E-state index in [-0.39, 0.29) is 0 Å². The minimum Gasteiger partial charge on any atom is -0.190 e. The standard InChI is InChI=1S/C12H14N2Si/c1-15(2,3)9-8-14-12-7-5-4-6-11(12)10-13-14/h4-7,10H,1-3H3. The van der Waals surface area contributed by atoms with Gasteiger partial charge in [-0.1, -0.05) is 37.8 Å². The van der Waals surface area contributed by atoms with Gasteiger partial charge in [0.15, 0.2) is 0 Å². The molecule has 0 saturated carbocycles. The molecule has 1 aromatic carbocycles. The zero-order chi connectivity index (χ0) is 10.9. The van der Waals surface area contributed by atoms with E-state index >= 15 is 0 Å². The molecule has 0 fully saturated rings. The lowest BCUT2D eigenvalue weighted by atomic mass is 10.3. The van der Waals surface area contributed by atoms with E-state index in [0.717, 1.165) is 10.9 Å². The van der Waals surface area contributed by atoms with Gasteiger partial charge in [-0.15, -0.1) is 5.54 Å². The quantitative estimate of drug-likeness (QED) is 0.487. The number of fused-ring (bicyclic) bond motifs is 1. The van der Waals surface area contributed by atoms with E-state index < -0.39 is 8.07 Å². The molecular weight excluding hydrogens is 200 g/mol. The Bertz CT molecular complexity index is 538. The van der Waals surface area contributed by atoms with E-state index in [1.54, 1.807) is 4.68 Å². The number of benzene rings is 1. The molecule has 15 heavy (non-hydrogen) atoms. The fourth-order valence-corrected chi connectivity index (χ4v) is 1.72. The average molecular weight is 214 g/mol. The van der Waals surface area contributed by atoms with Crippen LogP contribution in [0.5, 0.6) is 0 Å². The third kappa shape index (κ3) is 2.28. The van der Waals surface area contributed by atoms with Gasteiger partial charge in [-0.3, -0.25) is 0 Å². The number of aromatic nitrogens is 2. The number of nitrogens with zero attached hydrogens (tertiary/aromatic N) is 2. The highest BCUT2D eigenvalue weighted by atomic mass is 28.3. The number of para-hydroxylation sites is 1. The molecule has 0 saturated heterocycles. The van der Waals surface area contributed by atoms with Crippen molar-refractivity contribution >= 4 is 19.0 Å². The molecule has 0 aliphatic carbocycles. The smallest absolute Gasteiger partial charge is 0.131 e. The minimum absolute atomic E-state index is 1.09. The molecule has 0 aliphatic heterocycles. The molecule has 0 N–H and O–H groups in total. The van der Waals surface area contributed by atoms with Crippen LogP contribution in [-0.4, -0.2) is 17.9 Å². The van der Waals surface area contributed by atoms with Gasteiger partial charge >= 0.3 is 0 Å². The Morgan fingerprint density at radius 1 is 1.20 bits per heavy atom. The molecule has 0 aliphatic rings. The van der Waals surface area contributed by atoms with E-state index in [0.29, 0.717) is 0 Å². The molecule has 2 rings (SSSR count). The molecule has 1 aromatic heterocycles.